The lowest BCUT2D eigenvalue weighted by Crippen LogP contribution is -2.22. The molecule has 1 unspecified atom stereocenters. The maximum absolute atomic E-state index is 6.02. The fourth-order valence-corrected chi connectivity index (χ4v) is 2.15. The van der Waals surface area contributed by atoms with Crippen LogP contribution < -0.4 is 9.64 Å². The maximum atomic E-state index is 6.02. The average molecular weight is 293 g/mol. The third kappa shape index (κ3) is 2.34. The van der Waals surface area contributed by atoms with Crippen LogP contribution >= 0.6 is 27.5 Å². The van der Waals surface area contributed by atoms with Gasteiger partial charge in [-0.15, -0.1) is 11.6 Å². The second-order valence-corrected chi connectivity index (χ2v) is 4.83. The van der Waals surface area contributed by atoms with Gasteiger partial charge in [0.05, 0.1) is 23.2 Å². The molecule has 0 radical (unpaired) electrons. The summed E-state index contributed by atoms with van der Waals surface area (Å²) < 4.78 is 5.87. The maximum Gasteiger partial charge on any atom is 0.232 e. The number of nitrogens with zero attached hydrogens (tertiary/aromatic N) is 3. The van der Waals surface area contributed by atoms with E-state index in [9.17, 15) is 0 Å². The van der Waals surface area contributed by atoms with Crippen LogP contribution in [0.1, 0.15) is 6.42 Å². The van der Waals surface area contributed by atoms with Gasteiger partial charge < -0.3 is 9.64 Å². The first kappa shape index (κ1) is 11.0. The minimum absolute atomic E-state index is 0.197. The van der Waals surface area contributed by atoms with Gasteiger partial charge >= 0.3 is 0 Å². The molecule has 2 rings (SSSR count). The van der Waals surface area contributed by atoms with Gasteiger partial charge in [0.2, 0.25) is 11.8 Å². The normalized spacial score (nSPS) is 20.7. The predicted octanol–water partition coefficient (Wildman–Crippen LogP) is 2.07. The minimum atomic E-state index is 0.197. The zero-order chi connectivity index (χ0) is 10.8. The molecule has 1 fully saturated rings. The summed E-state index contributed by atoms with van der Waals surface area (Å²) in [5.41, 5.74) is 0. The fourth-order valence-electron chi connectivity index (χ4n) is 1.54. The first-order chi connectivity index (χ1) is 7.20. The molecule has 1 aliphatic rings. The van der Waals surface area contributed by atoms with Gasteiger partial charge in [0, 0.05) is 13.1 Å². The number of methoxy groups -OCH3 is 1. The Morgan fingerprint density at radius 3 is 3.07 bits per heavy atom. The van der Waals surface area contributed by atoms with E-state index in [2.05, 4.69) is 30.8 Å². The monoisotopic (exact) mass is 291 g/mol. The van der Waals surface area contributed by atoms with Crippen molar-refractivity contribution in [3.05, 3.63) is 10.7 Å². The van der Waals surface area contributed by atoms with Crippen molar-refractivity contribution in [2.24, 2.45) is 0 Å². The lowest BCUT2D eigenvalue weighted by molar-refractivity contribution is 0.394. The van der Waals surface area contributed by atoms with E-state index < -0.39 is 0 Å². The van der Waals surface area contributed by atoms with Crippen LogP contribution in [-0.4, -0.2) is 35.5 Å². The van der Waals surface area contributed by atoms with Crippen molar-refractivity contribution >= 4 is 33.5 Å². The Morgan fingerprint density at radius 2 is 2.47 bits per heavy atom. The van der Waals surface area contributed by atoms with Crippen LogP contribution in [0.3, 0.4) is 0 Å². The second-order valence-electron chi connectivity index (χ2n) is 3.36. The van der Waals surface area contributed by atoms with Crippen LogP contribution in [0.2, 0.25) is 0 Å². The van der Waals surface area contributed by atoms with E-state index in [0.29, 0.717) is 11.8 Å². The van der Waals surface area contributed by atoms with Crippen molar-refractivity contribution in [3.63, 3.8) is 0 Å². The number of halogens is 2. The molecule has 0 spiro atoms. The van der Waals surface area contributed by atoms with E-state index in [1.165, 1.54) is 0 Å². The third-order valence-electron chi connectivity index (χ3n) is 2.31. The fraction of sp³-hybridized carbons (Fsp3) is 0.556. The van der Waals surface area contributed by atoms with Crippen LogP contribution in [0.5, 0.6) is 5.88 Å². The summed E-state index contributed by atoms with van der Waals surface area (Å²) in [6.45, 7) is 1.70. The molecule has 0 N–H and O–H groups in total. The molecule has 0 aliphatic carbocycles. The topological polar surface area (TPSA) is 38.2 Å². The Bertz CT molecular complexity index is 363. The molecule has 82 valence electrons. The summed E-state index contributed by atoms with van der Waals surface area (Å²) in [6, 6.07) is 0. The smallest absolute Gasteiger partial charge is 0.232 e. The van der Waals surface area contributed by atoms with Crippen molar-refractivity contribution in [2.45, 2.75) is 11.8 Å². The largest absolute Gasteiger partial charge is 0.480 e. The summed E-state index contributed by atoms with van der Waals surface area (Å²) >= 11 is 9.34. The number of hydrogen-bond donors (Lipinski definition) is 0. The van der Waals surface area contributed by atoms with Gasteiger partial charge in [-0.1, -0.05) is 0 Å². The molecule has 1 saturated heterocycles. The van der Waals surface area contributed by atoms with Gasteiger partial charge in [0.25, 0.3) is 0 Å². The van der Waals surface area contributed by atoms with E-state index in [4.69, 9.17) is 16.3 Å². The molecule has 0 aromatic carbocycles. The van der Waals surface area contributed by atoms with E-state index in [1.807, 2.05) is 0 Å². The van der Waals surface area contributed by atoms with Gasteiger partial charge in [-0.3, -0.25) is 0 Å². The summed E-state index contributed by atoms with van der Waals surface area (Å²) in [5, 5.41) is 0.197. The molecule has 2 heterocycles. The Balaban J connectivity index is 2.21. The first-order valence-corrected chi connectivity index (χ1v) is 5.89. The highest BCUT2D eigenvalue weighted by atomic mass is 79.9. The predicted molar refractivity (Wildman–Crippen MR) is 62.8 cm³/mol. The number of hydrogen-bond acceptors (Lipinski definition) is 4. The Hall–Kier alpha value is -0.550. The average Bonchev–Trinajstić information content (AvgIpc) is 2.66. The van der Waals surface area contributed by atoms with Gasteiger partial charge in [-0.25, -0.2) is 4.98 Å². The Labute approximate surface area is 102 Å². The summed E-state index contributed by atoms with van der Waals surface area (Å²) in [6.07, 6.45) is 2.67. The van der Waals surface area contributed by atoms with Gasteiger partial charge in [0.15, 0.2) is 0 Å². The molecule has 0 amide bonds. The lowest BCUT2D eigenvalue weighted by atomic mass is 10.4. The molecule has 15 heavy (non-hydrogen) atoms. The number of alkyl halides is 1. The minimum Gasteiger partial charge on any atom is -0.480 e. The first-order valence-electron chi connectivity index (χ1n) is 4.66. The zero-order valence-corrected chi connectivity index (χ0v) is 10.6. The van der Waals surface area contributed by atoms with Crippen molar-refractivity contribution < 1.29 is 4.74 Å². The van der Waals surface area contributed by atoms with Crippen molar-refractivity contribution in [1.82, 2.24) is 9.97 Å². The Morgan fingerprint density at radius 1 is 1.67 bits per heavy atom. The molecular formula is C9H11BrClN3O. The van der Waals surface area contributed by atoms with E-state index in [0.717, 1.165) is 24.0 Å². The molecule has 1 aromatic heterocycles. The molecule has 0 saturated carbocycles. The van der Waals surface area contributed by atoms with Crippen molar-refractivity contribution in [2.75, 3.05) is 25.1 Å². The van der Waals surface area contributed by atoms with E-state index >= 15 is 0 Å². The highest BCUT2D eigenvalue weighted by Gasteiger charge is 2.23. The molecule has 1 atom stereocenters. The molecule has 0 bridgehead atoms. The number of rotatable bonds is 2. The van der Waals surface area contributed by atoms with E-state index in [-0.39, 0.29) is 5.38 Å². The van der Waals surface area contributed by atoms with Crippen molar-refractivity contribution in [3.8, 4) is 5.88 Å². The van der Waals surface area contributed by atoms with Gasteiger partial charge in [-0.2, -0.15) is 4.98 Å². The summed E-state index contributed by atoms with van der Waals surface area (Å²) in [7, 11) is 1.59. The molecule has 1 aliphatic heterocycles. The van der Waals surface area contributed by atoms with E-state index in [1.54, 1.807) is 13.3 Å². The standard InChI is InChI=1S/C9H11BrClN3O/c1-15-8-7(10)4-12-9(13-8)14-3-2-6(11)5-14/h4,6H,2-3,5H2,1H3. The van der Waals surface area contributed by atoms with Crippen LogP contribution in [0.25, 0.3) is 0 Å². The highest BCUT2D eigenvalue weighted by molar-refractivity contribution is 9.10. The molecule has 1 aromatic rings. The summed E-state index contributed by atoms with van der Waals surface area (Å²) in [4.78, 5) is 10.6. The highest BCUT2D eigenvalue weighted by Crippen LogP contribution is 2.25. The SMILES string of the molecule is COc1nc(N2CCC(Cl)C2)ncc1Br. The molecular weight excluding hydrogens is 281 g/mol. The quantitative estimate of drug-likeness (QED) is 0.782. The summed E-state index contributed by atoms with van der Waals surface area (Å²) in [5.74, 6) is 1.23. The van der Waals surface area contributed by atoms with Crippen molar-refractivity contribution in [1.29, 1.82) is 0 Å². The van der Waals surface area contributed by atoms with Crippen LogP contribution in [0.15, 0.2) is 10.7 Å². The molecule has 4 nitrogen and oxygen atoms in total. The Kier molecular flexibility index (Phi) is 3.31. The van der Waals surface area contributed by atoms with Crippen LogP contribution in [0, 0.1) is 0 Å². The number of ether oxygens (including phenoxy) is 1. The third-order valence-corrected chi connectivity index (χ3v) is 3.21. The number of aromatic nitrogens is 2. The zero-order valence-electron chi connectivity index (χ0n) is 8.28. The van der Waals surface area contributed by atoms with Gasteiger partial charge in [-0.05, 0) is 22.4 Å². The molecule has 6 heteroatoms. The lowest BCUT2D eigenvalue weighted by Gasteiger charge is -2.15. The van der Waals surface area contributed by atoms with Crippen LogP contribution in [-0.2, 0) is 0 Å². The number of anilines is 1. The van der Waals surface area contributed by atoms with Gasteiger partial charge in [0.1, 0.15) is 0 Å². The second kappa shape index (κ2) is 4.53. The van der Waals surface area contributed by atoms with Crippen LogP contribution in [0.4, 0.5) is 5.95 Å².